The van der Waals surface area contributed by atoms with Crippen molar-refractivity contribution in [1.29, 1.82) is 0 Å². The van der Waals surface area contributed by atoms with E-state index in [4.69, 9.17) is 4.99 Å². The molecule has 96 valence electrons. The smallest absolute Gasteiger partial charge is 0.170 e. The summed E-state index contributed by atoms with van der Waals surface area (Å²) in [6, 6.07) is 0. The maximum atomic E-state index is 4.82. The number of hydrogen-bond acceptors (Lipinski definition) is 5. The number of aliphatic imine (C=N–C) groups is 1. The Kier molecular flexibility index (Phi) is 3.99. The lowest BCUT2D eigenvalue weighted by atomic mass is 10.1. The lowest BCUT2D eigenvalue weighted by molar-refractivity contribution is -0.00000305. The molecular weight excluding hydrogens is 510 g/mol. The molecule has 3 aliphatic rings. The Balaban J connectivity index is 0.000001000. The van der Waals surface area contributed by atoms with Gasteiger partial charge in [-0.2, -0.15) is 0 Å². The summed E-state index contributed by atoms with van der Waals surface area (Å²) in [5.74, 6) is 1.22. The van der Waals surface area contributed by atoms with Crippen molar-refractivity contribution < 1.29 is 24.0 Å². The Bertz CT molecular complexity index is 567. The summed E-state index contributed by atoms with van der Waals surface area (Å²) < 4.78 is 2.07. The molecule has 18 heavy (non-hydrogen) atoms. The van der Waals surface area contributed by atoms with Crippen LogP contribution >= 0.6 is 57.5 Å². The first-order valence-corrected chi connectivity index (χ1v) is 9.31. The molecule has 0 radical (unpaired) electrons. The van der Waals surface area contributed by atoms with Crippen LogP contribution in [0.15, 0.2) is 15.8 Å². The maximum absolute atomic E-state index is 4.82. The van der Waals surface area contributed by atoms with Gasteiger partial charge in [-0.25, -0.2) is 4.99 Å². The van der Waals surface area contributed by atoms with E-state index in [2.05, 4.69) is 34.1 Å². The van der Waals surface area contributed by atoms with E-state index < -0.39 is 0 Å². The lowest BCUT2D eigenvalue weighted by Crippen LogP contribution is -3.00. The van der Waals surface area contributed by atoms with E-state index in [-0.39, 0.29) is 24.0 Å². The van der Waals surface area contributed by atoms with Crippen molar-refractivity contribution in [3.8, 4) is 0 Å². The molecular formula is C11H9I2N2S3-. The largest absolute Gasteiger partial charge is 1.00 e. The van der Waals surface area contributed by atoms with Gasteiger partial charge in [-0.15, -0.1) is 23.1 Å². The van der Waals surface area contributed by atoms with Gasteiger partial charge in [0.1, 0.15) is 5.00 Å². The third kappa shape index (κ3) is 1.99. The van der Waals surface area contributed by atoms with Gasteiger partial charge >= 0.3 is 0 Å². The topological polar surface area (TPSA) is 15.6 Å². The number of thioether (sulfide) groups is 2. The number of hydrogen-bond donors (Lipinski definition) is 0. The summed E-state index contributed by atoms with van der Waals surface area (Å²) in [5.41, 5.74) is 4.02. The van der Waals surface area contributed by atoms with E-state index in [1.54, 1.807) is 0 Å². The molecule has 0 N–H and O–H groups in total. The van der Waals surface area contributed by atoms with E-state index in [0.29, 0.717) is 3.26 Å². The van der Waals surface area contributed by atoms with Crippen LogP contribution in [0.25, 0.3) is 5.70 Å². The molecule has 7 heteroatoms. The average Bonchev–Trinajstić information content (AvgIpc) is 2.90. The van der Waals surface area contributed by atoms with Gasteiger partial charge in [0.2, 0.25) is 0 Å². The minimum absolute atomic E-state index is 0. The monoisotopic (exact) mass is 519 g/mol. The highest BCUT2D eigenvalue weighted by atomic mass is 127. The van der Waals surface area contributed by atoms with Gasteiger partial charge in [-0.3, -0.25) is 0 Å². The van der Waals surface area contributed by atoms with Crippen LogP contribution in [0.2, 0.25) is 0 Å². The van der Waals surface area contributed by atoms with Crippen LogP contribution in [-0.2, 0) is 6.42 Å². The molecule has 4 rings (SSSR count). The zero-order chi connectivity index (χ0) is 11.6. The highest BCUT2D eigenvalue weighted by Crippen LogP contribution is 2.53. The van der Waals surface area contributed by atoms with Crippen LogP contribution in [0.4, 0.5) is 5.00 Å². The van der Waals surface area contributed by atoms with Crippen molar-refractivity contribution in [2.45, 2.75) is 13.9 Å². The molecule has 0 amide bonds. The highest BCUT2D eigenvalue weighted by molar-refractivity contribution is 14.1. The fraction of sp³-hybridized carbons (Fsp3) is 0.364. The zero-order valence-electron chi connectivity index (χ0n) is 9.28. The summed E-state index contributed by atoms with van der Waals surface area (Å²) in [7, 11) is 0. The van der Waals surface area contributed by atoms with Crippen molar-refractivity contribution in [3.63, 3.8) is 0 Å². The number of fused-ring (bicyclic) bond motifs is 4. The number of amidine groups is 1. The second kappa shape index (κ2) is 5.12. The van der Waals surface area contributed by atoms with Crippen LogP contribution in [0.1, 0.15) is 11.1 Å². The molecule has 1 fully saturated rings. The number of rotatable bonds is 0. The molecule has 0 bridgehead atoms. The second-order valence-corrected chi connectivity index (χ2v) is 10.0. The van der Waals surface area contributed by atoms with E-state index >= 15 is 0 Å². The molecule has 0 aliphatic carbocycles. The van der Waals surface area contributed by atoms with Gasteiger partial charge < -0.3 is 28.9 Å². The fourth-order valence-corrected chi connectivity index (χ4v) is 6.98. The number of alkyl halides is 1. The van der Waals surface area contributed by atoms with Crippen molar-refractivity contribution in [3.05, 3.63) is 17.7 Å². The van der Waals surface area contributed by atoms with E-state index in [0.717, 1.165) is 11.7 Å². The summed E-state index contributed by atoms with van der Waals surface area (Å²) in [6.07, 6.45) is 1.18. The van der Waals surface area contributed by atoms with Crippen molar-refractivity contribution in [1.82, 2.24) is 4.90 Å². The molecule has 3 aliphatic heterocycles. The van der Waals surface area contributed by atoms with Gasteiger partial charge in [0, 0.05) is 23.6 Å². The third-order valence-corrected chi connectivity index (χ3v) is 7.66. The Morgan fingerprint density at radius 3 is 3.11 bits per heavy atom. The SMILES string of the molecule is C=C1c2c(sc3c2CCS3)N=C2SC(I)CN12.[I-]. The minimum Gasteiger partial charge on any atom is -1.00 e. The Morgan fingerprint density at radius 2 is 2.28 bits per heavy atom. The van der Waals surface area contributed by atoms with E-state index in [9.17, 15) is 0 Å². The molecule has 1 saturated heterocycles. The predicted molar refractivity (Wildman–Crippen MR) is 87.0 cm³/mol. The number of nitrogens with zero attached hydrogens (tertiary/aromatic N) is 2. The number of thiophene rings is 1. The average molecular weight is 519 g/mol. The van der Waals surface area contributed by atoms with Crippen LogP contribution < -0.4 is 24.0 Å². The predicted octanol–water partition coefficient (Wildman–Crippen LogP) is 1.18. The molecule has 1 aromatic heterocycles. The quantitative estimate of drug-likeness (QED) is 0.379. The maximum Gasteiger partial charge on any atom is 0.170 e. The summed E-state index contributed by atoms with van der Waals surface area (Å²) >= 11 is 8.16. The van der Waals surface area contributed by atoms with Gasteiger partial charge in [0.15, 0.2) is 5.17 Å². The van der Waals surface area contributed by atoms with E-state index in [1.165, 1.54) is 38.2 Å². The number of halogens is 2. The van der Waals surface area contributed by atoms with Gasteiger partial charge in [-0.05, 0) is 12.0 Å². The molecule has 0 saturated carbocycles. The molecule has 2 nitrogen and oxygen atoms in total. The van der Waals surface area contributed by atoms with Gasteiger partial charge in [0.25, 0.3) is 0 Å². The lowest BCUT2D eigenvalue weighted by Gasteiger charge is -2.25. The Hall–Kier alpha value is 1.07. The van der Waals surface area contributed by atoms with Crippen molar-refractivity contribution in [2.75, 3.05) is 12.3 Å². The van der Waals surface area contributed by atoms with Crippen molar-refractivity contribution in [2.24, 2.45) is 4.99 Å². The standard InChI is InChI=1S/C11H9IN2S3.HI/c1-5-8-6-2-3-15-10(6)17-9(8)13-11-14(5)4-7(12)16-11;/h7H,1-4H2;1H/p-1. The first kappa shape index (κ1) is 14.0. The Morgan fingerprint density at radius 1 is 1.44 bits per heavy atom. The van der Waals surface area contributed by atoms with Crippen LogP contribution in [0, 0.1) is 0 Å². The summed E-state index contributed by atoms with van der Waals surface area (Å²) in [6.45, 7) is 5.35. The molecule has 1 aromatic rings. The normalized spacial score (nSPS) is 24.3. The van der Waals surface area contributed by atoms with Crippen LogP contribution in [0.3, 0.4) is 0 Å². The van der Waals surface area contributed by atoms with Gasteiger partial charge in [0.05, 0.1) is 7.47 Å². The van der Waals surface area contributed by atoms with Crippen LogP contribution in [0.5, 0.6) is 0 Å². The summed E-state index contributed by atoms with van der Waals surface area (Å²) in [4.78, 5) is 7.11. The second-order valence-electron chi connectivity index (χ2n) is 4.13. The molecule has 1 atom stereocenters. The minimum atomic E-state index is 0. The van der Waals surface area contributed by atoms with Gasteiger partial charge in [-0.1, -0.05) is 40.9 Å². The van der Waals surface area contributed by atoms with Crippen LogP contribution in [-0.4, -0.2) is 25.6 Å². The van der Waals surface area contributed by atoms with Crippen molar-refractivity contribution >= 4 is 73.3 Å². The zero-order valence-corrected chi connectivity index (χ0v) is 16.0. The summed E-state index contributed by atoms with van der Waals surface area (Å²) in [5, 5.41) is 2.34. The molecule has 1 unspecified atom stereocenters. The first-order chi connectivity index (χ1) is 8.24. The molecule has 0 spiro atoms. The first-order valence-electron chi connectivity index (χ1n) is 5.39. The van der Waals surface area contributed by atoms with E-state index in [1.807, 2.05) is 34.9 Å². The highest BCUT2D eigenvalue weighted by Gasteiger charge is 2.36. The Labute approximate surface area is 149 Å². The third-order valence-electron chi connectivity index (χ3n) is 3.14. The molecule has 0 aromatic carbocycles. The fourth-order valence-electron chi connectivity index (χ4n) is 2.37. The molecule has 4 heterocycles.